The van der Waals surface area contributed by atoms with E-state index in [0.717, 1.165) is 34.6 Å². The number of methoxy groups -OCH3 is 1. The topological polar surface area (TPSA) is 29.5 Å². The first-order valence-corrected chi connectivity index (χ1v) is 32.9. The van der Waals surface area contributed by atoms with Gasteiger partial charge in [-0.15, -0.1) is 73.8 Å². The van der Waals surface area contributed by atoms with Crippen molar-refractivity contribution in [3.05, 3.63) is 49.5 Å². The number of rotatable bonds is 7. The fraction of sp³-hybridized carbons (Fsp3) is 0.312. The van der Waals surface area contributed by atoms with E-state index in [-0.39, 0.29) is 51.7 Å². The summed E-state index contributed by atoms with van der Waals surface area (Å²) in [6, 6.07) is 9.68. The summed E-state index contributed by atoms with van der Waals surface area (Å²) in [6.07, 6.45) is -2.35. The van der Waals surface area contributed by atoms with E-state index in [1.165, 1.54) is 7.11 Å². The van der Waals surface area contributed by atoms with Crippen LogP contribution in [0.5, 0.6) is 0 Å². The largest absolute Gasteiger partial charge is 0.469 e. The summed E-state index contributed by atoms with van der Waals surface area (Å²) in [5.41, 5.74) is 1.14. The van der Waals surface area contributed by atoms with Crippen molar-refractivity contribution in [1.29, 1.82) is 0 Å². The second-order valence-electron chi connectivity index (χ2n) is 6.77. The Morgan fingerprint density at radius 2 is 1.64 bits per heavy atom. The second kappa shape index (κ2) is 20.2. The van der Waals surface area contributed by atoms with E-state index in [1.807, 2.05) is 24.3 Å². The molecule has 8 unspecified atom stereocenters. The van der Waals surface area contributed by atoms with Gasteiger partial charge in [0.1, 0.15) is 0 Å². The van der Waals surface area contributed by atoms with Crippen LogP contribution in [0.4, 0.5) is 14.5 Å². The number of halogens is 4. The zero-order chi connectivity index (χ0) is 27.6. The smallest absolute Gasteiger partial charge is 0.312 e. The number of carbonyl (C=O) groups excluding carboxylic acids is 1. The Morgan fingerprint density at radius 3 is 1.97 bits per heavy atom. The predicted octanol–water partition coefficient (Wildman–Crippen LogP) is 12.1. The summed E-state index contributed by atoms with van der Waals surface area (Å²) in [4.78, 5) is 13.4. The van der Waals surface area contributed by atoms with E-state index < -0.39 is 6.43 Å². The molecule has 0 radical (unpaired) electrons. The monoisotopic (exact) mass is 867 g/mol. The SMILES string of the molecule is COC(=O)C1CN(c2cccc(Br)c2)C1.FC(F)c1sccc1Br.PP(P)P(P)P(P(P)P)P(P)P. The molecule has 2 aromatic rings. The van der Waals surface area contributed by atoms with Gasteiger partial charge in [-0.1, -0.05) is 22.0 Å². The molecule has 0 bridgehead atoms. The fourth-order valence-electron chi connectivity index (χ4n) is 2.56. The molecule has 8 atom stereocenters. The first-order valence-electron chi connectivity index (χ1n) is 9.62. The molecule has 0 saturated carbocycles. The fourth-order valence-corrected chi connectivity index (χ4v) is 107. The average Bonchev–Trinajstić information content (AvgIpc) is 3.19. The highest BCUT2D eigenvalue weighted by Gasteiger charge is 2.33. The molecule has 1 saturated heterocycles. The number of hydrogen-bond donors (Lipinski definition) is 0. The number of carbonyl (C=O) groups is 1. The van der Waals surface area contributed by atoms with Crippen molar-refractivity contribution in [3.63, 3.8) is 0 Å². The van der Waals surface area contributed by atoms with Crippen LogP contribution in [0.2, 0.25) is 0 Å². The Kier molecular flexibility index (Phi) is 21.4. The quantitative estimate of drug-likeness (QED) is 0.205. The van der Waals surface area contributed by atoms with E-state index in [2.05, 4.69) is 104 Å². The third kappa shape index (κ3) is 13.6. The molecule has 0 amide bonds. The Labute approximate surface area is 255 Å². The van der Waals surface area contributed by atoms with E-state index in [1.54, 1.807) is 11.4 Å². The highest BCUT2D eigenvalue weighted by molar-refractivity contribution is 9.21. The number of anilines is 1. The van der Waals surface area contributed by atoms with Crippen molar-refractivity contribution in [3.8, 4) is 0 Å². The first kappa shape index (κ1) is 38.2. The number of thiophene rings is 1. The van der Waals surface area contributed by atoms with Crippen molar-refractivity contribution in [2.75, 3.05) is 25.1 Å². The van der Waals surface area contributed by atoms with Gasteiger partial charge in [0.2, 0.25) is 0 Å². The molecular formula is C16H29Br2F2NO2P12S. The van der Waals surface area contributed by atoms with Gasteiger partial charge in [-0.3, -0.25) is 4.79 Å². The van der Waals surface area contributed by atoms with E-state index >= 15 is 0 Å². The zero-order valence-electron chi connectivity index (χ0n) is 19.0. The minimum atomic E-state index is -2.35. The highest BCUT2D eigenvalue weighted by atomic mass is 79.9. The van der Waals surface area contributed by atoms with Crippen LogP contribution >= 0.6 is 141 Å². The van der Waals surface area contributed by atoms with Crippen molar-refractivity contribution in [2.45, 2.75) is 6.43 Å². The molecule has 36 heavy (non-hydrogen) atoms. The molecule has 1 aliphatic rings. The number of benzene rings is 1. The van der Waals surface area contributed by atoms with Crippen LogP contribution in [0.25, 0.3) is 0 Å². The lowest BCUT2D eigenvalue weighted by Crippen LogP contribution is -2.50. The maximum atomic E-state index is 11.8. The minimum Gasteiger partial charge on any atom is -0.469 e. The maximum Gasteiger partial charge on any atom is 0.312 e. The number of alkyl halides is 2. The Balaban J connectivity index is 0.000000280. The van der Waals surface area contributed by atoms with Gasteiger partial charge in [-0.2, -0.15) is 0 Å². The molecule has 0 spiro atoms. The van der Waals surface area contributed by atoms with Gasteiger partial charge in [0.05, 0.1) is 17.9 Å². The average molecular weight is 869 g/mol. The molecule has 0 N–H and O–H groups in total. The second-order valence-corrected chi connectivity index (χ2v) is 54.4. The van der Waals surface area contributed by atoms with Gasteiger partial charge in [-0.25, -0.2) is 8.78 Å². The molecule has 1 aromatic heterocycles. The maximum absolute atomic E-state index is 11.8. The summed E-state index contributed by atoms with van der Waals surface area (Å²) in [5.74, 6) is -0.0739. The predicted molar refractivity (Wildman–Crippen MR) is 201 cm³/mol. The number of ether oxygens (including phenoxy) is 1. The van der Waals surface area contributed by atoms with Crippen molar-refractivity contribution < 1.29 is 18.3 Å². The summed E-state index contributed by atoms with van der Waals surface area (Å²) in [5, 5.41) is 1.63. The van der Waals surface area contributed by atoms with Crippen LogP contribution < -0.4 is 4.90 Å². The van der Waals surface area contributed by atoms with Crippen LogP contribution in [-0.4, -0.2) is 26.2 Å². The molecule has 3 nitrogen and oxygen atoms in total. The highest BCUT2D eigenvalue weighted by Crippen LogP contribution is 3.16. The lowest BCUT2D eigenvalue weighted by Gasteiger charge is -2.39. The van der Waals surface area contributed by atoms with E-state index in [4.69, 9.17) is 0 Å². The lowest BCUT2D eigenvalue weighted by molar-refractivity contribution is -0.146. The number of nitrogens with zero attached hydrogens (tertiary/aromatic N) is 1. The molecule has 2 heterocycles. The zero-order valence-corrected chi connectivity index (χ0v) is 35.5. The number of esters is 1. The molecule has 0 aliphatic carbocycles. The van der Waals surface area contributed by atoms with Crippen LogP contribution in [0.1, 0.15) is 11.3 Å². The molecule has 1 fully saturated rings. The van der Waals surface area contributed by atoms with Gasteiger partial charge < -0.3 is 9.64 Å². The summed E-state index contributed by atoms with van der Waals surface area (Å²) >= 11 is 7.48. The van der Waals surface area contributed by atoms with Crippen molar-refractivity contribution >= 4 is 152 Å². The van der Waals surface area contributed by atoms with Gasteiger partial charge in [-0.05, 0) is 80.5 Å². The first-order chi connectivity index (χ1) is 16.8. The Hall–Kier alpha value is 4.17. The van der Waals surface area contributed by atoms with Gasteiger partial charge in [0, 0.05) is 27.7 Å². The molecule has 3 rings (SSSR count). The summed E-state index contributed by atoms with van der Waals surface area (Å²) in [7, 11) is 22.4. The third-order valence-corrected chi connectivity index (χ3v) is 73.3. The van der Waals surface area contributed by atoms with Gasteiger partial charge in [0.25, 0.3) is 6.43 Å². The van der Waals surface area contributed by atoms with Crippen molar-refractivity contribution in [1.82, 2.24) is 0 Å². The Bertz CT molecular complexity index is 934. The third-order valence-electron chi connectivity index (χ3n) is 4.27. The normalized spacial score (nSPS) is 14.4. The molecule has 1 aromatic carbocycles. The lowest BCUT2D eigenvalue weighted by atomic mass is 9.99. The van der Waals surface area contributed by atoms with E-state index in [0.29, 0.717) is 4.47 Å². The van der Waals surface area contributed by atoms with Crippen LogP contribution in [0, 0.1) is 5.92 Å². The van der Waals surface area contributed by atoms with Crippen molar-refractivity contribution in [2.24, 2.45) is 5.92 Å². The standard InChI is InChI=1S/C11H12BrNO2.C5H3BrF2S.H14P12/c1-15-11(14)8-6-13(7-8)10-4-2-3-9(12)5-10;6-3-1-2-9-4(3)5(7)8;1-8(2)11(7)12(9(3)4)10(5)6/h2-5,8H,6-7H2,1H3;1-2,5H;1-7H2. The molecule has 1 aliphatic heterocycles. The van der Waals surface area contributed by atoms with Gasteiger partial charge in [0.15, 0.2) is 0 Å². The van der Waals surface area contributed by atoms with Gasteiger partial charge >= 0.3 is 5.97 Å². The van der Waals surface area contributed by atoms with Crippen LogP contribution in [-0.2, 0) is 9.53 Å². The number of hydrogen-bond acceptors (Lipinski definition) is 4. The molecule has 204 valence electrons. The van der Waals surface area contributed by atoms with Crippen LogP contribution in [0.15, 0.2) is 44.7 Å². The van der Waals surface area contributed by atoms with E-state index in [9.17, 15) is 13.6 Å². The minimum absolute atomic E-state index is 0.0361. The molecular weight excluding hydrogens is 840 g/mol. The summed E-state index contributed by atoms with van der Waals surface area (Å²) < 4.78 is 29.9. The summed E-state index contributed by atoms with van der Waals surface area (Å²) in [6.45, 7) is 2.21. The van der Waals surface area contributed by atoms with Crippen LogP contribution in [0.3, 0.4) is 0 Å². The molecule has 20 heteroatoms. The Morgan fingerprint density at radius 1 is 1.06 bits per heavy atom.